The van der Waals surface area contributed by atoms with Crippen LogP contribution in [0.4, 0.5) is 0 Å². The van der Waals surface area contributed by atoms with Gasteiger partial charge in [0.2, 0.25) is 5.91 Å². The zero-order valence-corrected chi connectivity index (χ0v) is 10.4. The summed E-state index contributed by atoms with van der Waals surface area (Å²) in [5, 5.41) is 11.9. The number of nitrogens with zero attached hydrogens (tertiary/aromatic N) is 2. The smallest absolute Gasteiger partial charge is 0.240 e. The topological polar surface area (TPSA) is 57.8 Å². The Bertz CT molecular complexity index is 385. The highest BCUT2D eigenvalue weighted by atomic mass is 16.2. The lowest BCUT2D eigenvalue weighted by Gasteiger charge is -2.22. The van der Waals surface area contributed by atoms with E-state index in [4.69, 9.17) is 5.26 Å². The maximum atomic E-state index is 11.9. The molecule has 1 aromatic heterocycles. The van der Waals surface area contributed by atoms with Crippen LogP contribution in [0.2, 0.25) is 0 Å². The van der Waals surface area contributed by atoms with E-state index >= 15 is 0 Å². The molecule has 0 spiro atoms. The van der Waals surface area contributed by atoms with Gasteiger partial charge < -0.3 is 9.88 Å². The highest BCUT2D eigenvalue weighted by Crippen LogP contribution is 2.25. The lowest BCUT2D eigenvalue weighted by atomic mass is 9.83. The van der Waals surface area contributed by atoms with Crippen molar-refractivity contribution in [2.75, 3.05) is 6.54 Å². The summed E-state index contributed by atoms with van der Waals surface area (Å²) in [5.74, 6) is -0.155. The van der Waals surface area contributed by atoms with Crippen molar-refractivity contribution in [1.29, 1.82) is 5.26 Å². The van der Waals surface area contributed by atoms with E-state index in [1.54, 1.807) is 0 Å². The monoisotopic (exact) mass is 233 g/mol. The van der Waals surface area contributed by atoms with Crippen molar-refractivity contribution in [3.63, 3.8) is 0 Å². The molecule has 1 N–H and O–H groups in total. The second-order valence-electron chi connectivity index (χ2n) is 4.08. The standard InChI is InChI=1S/C13H19N3O/c1-3-13(4-2,11-14)12(17)15-7-10-16-8-5-6-9-16/h5-6,8-9H,3-4,7,10H2,1-2H3,(H,15,17). The number of nitriles is 1. The Kier molecular flexibility index (Phi) is 4.77. The molecule has 0 saturated carbocycles. The van der Waals surface area contributed by atoms with Crippen LogP contribution in [0.3, 0.4) is 0 Å². The Labute approximate surface area is 102 Å². The molecule has 0 radical (unpaired) electrons. The molecule has 0 aliphatic carbocycles. The number of carbonyl (C=O) groups excluding carboxylic acids is 1. The van der Waals surface area contributed by atoms with Gasteiger partial charge in [0.05, 0.1) is 6.07 Å². The van der Waals surface area contributed by atoms with Crippen molar-refractivity contribution >= 4 is 5.91 Å². The fourth-order valence-corrected chi connectivity index (χ4v) is 1.77. The van der Waals surface area contributed by atoms with Gasteiger partial charge in [-0.1, -0.05) is 13.8 Å². The molecule has 1 heterocycles. The predicted octanol–water partition coefficient (Wildman–Crippen LogP) is 1.93. The third kappa shape index (κ3) is 3.10. The average Bonchev–Trinajstić information content (AvgIpc) is 2.85. The molecule has 0 aromatic carbocycles. The van der Waals surface area contributed by atoms with Crippen molar-refractivity contribution in [1.82, 2.24) is 9.88 Å². The van der Waals surface area contributed by atoms with Gasteiger partial charge in [0.1, 0.15) is 5.41 Å². The molecule has 1 amide bonds. The first-order valence-electron chi connectivity index (χ1n) is 5.99. The van der Waals surface area contributed by atoms with Gasteiger partial charge in [-0.2, -0.15) is 5.26 Å². The summed E-state index contributed by atoms with van der Waals surface area (Å²) in [6.07, 6.45) is 5.00. The highest BCUT2D eigenvalue weighted by Gasteiger charge is 2.34. The molecule has 1 rings (SSSR count). The molecule has 0 unspecified atom stereocenters. The largest absolute Gasteiger partial charge is 0.353 e. The number of carbonyl (C=O) groups is 1. The SMILES string of the molecule is CCC(C#N)(CC)C(=O)NCCn1cccc1. The van der Waals surface area contributed by atoms with Crippen molar-refractivity contribution in [2.24, 2.45) is 5.41 Å². The maximum Gasteiger partial charge on any atom is 0.240 e. The lowest BCUT2D eigenvalue weighted by molar-refractivity contribution is -0.128. The summed E-state index contributed by atoms with van der Waals surface area (Å²) in [6, 6.07) is 6.03. The van der Waals surface area contributed by atoms with E-state index in [1.807, 2.05) is 42.9 Å². The van der Waals surface area contributed by atoms with Crippen LogP contribution in [0.5, 0.6) is 0 Å². The highest BCUT2D eigenvalue weighted by molar-refractivity contribution is 5.85. The normalized spacial score (nSPS) is 10.9. The zero-order valence-electron chi connectivity index (χ0n) is 10.4. The summed E-state index contributed by atoms with van der Waals surface area (Å²) in [4.78, 5) is 11.9. The number of amides is 1. The van der Waals surface area contributed by atoms with Crippen LogP contribution < -0.4 is 5.32 Å². The molecule has 0 aliphatic rings. The van der Waals surface area contributed by atoms with E-state index in [0.29, 0.717) is 19.4 Å². The first-order chi connectivity index (χ1) is 8.18. The van der Waals surface area contributed by atoms with Crippen LogP contribution in [-0.4, -0.2) is 17.0 Å². The number of hydrogen-bond acceptors (Lipinski definition) is 2. The third-order valence-electron chi connectivity index (χ3n) is 3.18. The summed E-state index contributed by atoms with van der Waals surface area (Å²) in [5.41, 5.74) is -0.864. The number of aromatic nitrogens is 1. The Balaban J connectivity index is 2.46. The van der Waals surface area contributed by atoms with Crippen molar-refractivity contribution in [3.05, 3.63) is 24.5 Å². The first kappa shape index (κ1) is 13.3. The van der Waals surface area contributed by atoms with Gasteiger partial charge in [0, 0.05) is 25.5 Å². The second-order valence-corrected chi connectivity index (χ2v) is 4.08. The fraction of sp³-hybridized carbons (Fsp3) is 0.538. The van der Waals surface area contributed by atoms with Gasteiger partial charge in [-0.3, -0.25) is 4.79 Å². The number of hydrogen-bond donors (Lipinski definition) is 1. The van der Waals surface area contributed by atoms with Crippen LogP contribution in [0, 0.1) is 16.7 Å². The van der Waals surface area contributed by atoms with Crippen LogP contribution in [0.1, 0.15) is 26.7 Å². The summed E-state index contributed by atoms with van der Waals surface area (Å²) in [7, 11) is 0. The van der Waals surface area contributed by atoms with Crippen LogP contribution in [-0.2, 0) is 11.3 Å². The molecule has 0 atom stereocenters. The van der Waals surface area contributed by atoms with Crippen molar-refractivity contribution < 1.29 is 4.79 Å². The maximum absolute atomic E-state index is 11.9. The molecule has 17 heavy (non-hydrogen) atoms. The molecular formula is C13H19N3O. The molecule has 0 fully saturated rings. The van der Waals surface area contributed by atoms with E-state index in [1.165, 1.54) is 0 Å². The lowest BCUT2D eigenvalue weighted by Crippen LogP contribution is -2.40. The molecule has 4 heteroatoms. The number of rotatable bonds is 6. The van der Waals surface area contributed by atoms with Gasteiger partial charge in [-0.25, -0.2) is 0 Å². The predicted molar refractivity (Wildman–Crippen MR) is 66.1 cm³/mol. The van der Waals surface area contributed by atoms with Crippen LogP contribution >= 0.6 is 0 Å². The first-order valence-corrected chi connectivity index (χ1v) is 5.99. The number of nitrogens with one attached hydrogen (secondary N) is 1. The van der Waals surface area contributed by atoms with Crippen LogP contribution in [0.25, 0.3) is 0 Å². The van der Waals surface area contributed by atoms with Gasteiger partial charge in [-0.05, 0) is 25.0 Å². The molecule has 0 bridgehead atoms. The van der Waals surface area contributed by atoms with Crippen molar-refractivity contribution in [3.8, 4) is 6.07 Å². The van der Waals surface area contributed by atoms with E-state index in [9.17, 15) is 4.79 Å². The Hall–Kier alpha value is -1.76. The fourth-order valence-electron chi connectivity index (χ4n) is 1.77. The minimum atomic E-state index is -0.864. The van der Waals surface area contributed by atoms with E-state index in [0.717, 1.165) is 6.54 Å². The minimum absolute atomic E-state index is 0.155. The van der Waals surface area contributed by atoms with E-state index < -0.39 is 5.41 Å². The molecule has 1 aromatic rings. The molecular weight excluding hydrogens is 214 g/mol. The quantitative estimate of drug-likeness (QED) is 0.816. The minimum Gasteiger partial charge on any atom is -0.353 e. The van der Waals surface area contributed by atoms with Gasteiger partial charge in [0.15, 0.2) is 0 Å². The summed E-state index contributed by atoms with van der Waals surface area (Å²) >= 11 is 0. The molecule has 92 valence electrons. The summed E-state index contributed by atoms with van der Waals surface area (Å²) in [6.45, 7) is 5.03. The van der Waals surface area contributed by atoms with Gasteiger partial charge in [-0.15, -0.1) is 0 Å². The van der Waals surface area contributed by atoms with Gasteiger partial charge in [0.25, 0.3) is 0 Å². The Morgan fingerprint density at radius 1 is 1.35 bits per heavy atom. The molecule has 0 aliphatic heterocycles. The molecule has 4 nitrogen and oxygen atoms in total. The summed E-state index contributed by atoms with van der Waals surface area (Å²) < 4.78 is 1.99. The second kappa shape index (κ2) is 6.09. The van der Waals surface area contributed by atoms with Crippen molar-refractivity contribution in [2.45, 2.75) is 33.2 Å². The van der Waals surface area contributed by atoms with E-state index in [2.05, 4.69) is 11.4 Å². The van der Waals surface area contributed by atoms with Gasteiger partial charge >= 0.3 is 0 Å². The van der Waals surface area contributed by atoms with Crippen LogP contribution in [0.15, 0.2) is 24.5 Å². The van der Waals surface area contributed by atoms with E-state index in [-0.39, 0.29) is 5.91 Å². The Morgan fingerprint density at radius 3 is 2.41 bits per heavy atom. The molecule has 0 saturated heterocycles. The zero-order chi connectivity index (χ0) is 12.7. The third-order valence-corrected chi connectivity index (χ3v) is 3.18. The average molecular weight is 233 g/mol. The Morgan fingerprint density at radius 2 is 1.94 bits per heavy atom.